The van der Waals surface area contributed by atoms with Crippen LogP contribution in [0.2, 0.25) is 0 Å². The van der Waals surface area contributed by atoms with Gasteiger partial charge in [-0.1, -0.05) is 12.1 Å². The molecule has 4 N–H and O–H groups in total. The maximum Gasteiger partial charge on any atom is 0.129 e. The molecular formula is C10H13FO4. The molecule has 1 aromatic rings. The van der Waals surface area contributed by atoms with E-state index in [1.807, 2.05) is 0 Å². The summed E-state index contributed by atoms with van der Waals surface area (Å²) >= 11 is 0. The van der Waals surface area contributed by atoms with E-state index in [2.05, 4.69) is 0 Å². The minimum atomic E-state index is -1.47. The van der Waals surface area contributed by atoms with Gasteiger partial charge in [0.15, 0.2) is 0 Å². The molecule has 84 valence electrons. The van der Waals surface area contributed by atoms with Gasteiger partial charge in [0.05, 0.1) is 13.2 Å². The highest BCUT2D eigenvalue weighted by molar-refractivity contribution is 5.26. The van der Waals surface area contributed by atoms with Crippen molar-refractivity contribution in [2.24, 2.45) is 0 Å². The third-order valence-electron chi connectivity index (χ3n) is 2.12. The van der Waals surface area contributed by atoms with Crippen LogP contribution in [-0.2, 0) is 6.61 Å². The molecule has 0 aliphatic carbocycles. The molecule has 0 bridgehead atoms. The summed E-state index contributed by atoms with van der Waals surface area (Å²) in [5, 5.41) is 35.8. The van der Waals surface area contributed by atoms with E-state index in [4.69, 9.17) is 15.3 Å². The topological polar surface area (TPSA) is 80.9 Å². The van der Waals surface area contributed by atoms with E-state index in [0.29, 0.717) is 5.56 Å². The summed E-state index contributed by atoms with van der Waals surface area (Å²) in [5.41, 5.74) is 0.274. The van der Waals surface area contributed by atoms with Crippen molar-refractivity contribution in [2.45, 2.75) is 18.8 Å². The molecule has 0 heterocycles. The number of halogens is 1. The zero-order valence-corrected chi connectivity index (χ0v) is 7.97. The van der Waals surface area contributed by atoms with Crippen LogP contribution in [0.4, 0.5) is 4.39 Å². The third kappa shape index (κ3) is 2.73. The van der Waals surface area contributed by atoms with Gasteiger partial charge >= 0.3 is 0 Å². The molecule has 2 atom stereocenters. The van der Waals surface area contributed by atoms with E-state index in [9.17, 15) is 9.50 Å². The van der Waals surface area contributed by atoms with Crippen molar-refractivity contribution in [1.82, 2.24) is 0 Å². The molecule has 15 heavy (non-hydrogen) atoms. The molecule has 0 saturated heterocycles. The Balaban J connectivity index is 2.95. The Kier molecular flexibility index (Phi) is 4.16. The minimum absolute atomic E-state index is 0.103. The van der Waals surface area contributed by atoms with Crippen LogP contribution in [0.3, 0.4) is 0 Å². The van der Waals surface area contributed by atoms with Crippen LogP contribution >= 0.6 is 0 Å². The second kappa shape index (κ2) is 5.18. The maximum atomic E-state index is 13.3. The van der Waals surface area contributed by atoms with Gasteiger partial charge in [-0.2, -0.15) is 0 Å². The number of rotatable bonds is 4. The number of hydrogen-bond acceptors (Lipinski definition) is 4. The molecule has 0 aliphatic rings. The Morgan fingerprint density at radius 3 is 2.33 bits per heavy atom. The van der Waals surface area contributed by atoms with Gasteiger partial charge in [0.1, 0.15) is 18.0 Å². The largest absolute Gasteiger partial charge is 0.394 e. The SMILES string of the molecule is OCc1ccc(C(O)C(O)CO)c(F)c1. The fraction of sp³-hybridized carbons (Fsp3) is 0.400. The standard InChI is InChI=1S/C10H13FO4/c11-8-3-6(4-12)1-2-7(8)10(15)9(14)5-13/h1-3,9-10,12-15H,4-5H2. The molecule has 0 radical (unpaired) electrons. The van der Waals surface area contributed by atoms with Crippen molar-refractivity contribution in [1.29, 1.82) is 0 Å². The van der Waals surface area contributed by atoms with Crippen LogP contribution in [0.1, 0.15) is 17.2 Å². The molecule has 0 spiro atoms. The van der Waals surface area contributed by atoms with Gasteiger partial charge < -0.3 is 20.4 Å². The first-order valence-electron chi connectivity index (χ1n) is 4.46. The average Bonchev–Trinajstić information content (AvgIpc) is 2.26. The summed E-state index contributed by atoms with van der Waals surface area (Å²) in [5.74, 6) is -0.721. The molecule has 1 aromatic carbocycles. The molecule has 0 amide bonds. The van der Waals surface area contributed by atoms with Crippen LogP contribution < -0.4 is 0 Å². The van der Waals surface area contributed by atoms with Crippen molar-refractivity contribution in [3.05, 3.63) is 35.1 Å². The molecule has 2 unspecified atom stereocenters. The Morgan fingerprint density at radius 1 is 1.20 bits per heavy atom. The first-order chi connectivity index (χ1) is 7.10. The van der Waals surface area contributed by atoms with Crippen molar-refractivity contribution >= 4 is 0 Å². The molecule has 0 saturated carbocycles. The molecular weight excluding hydrogens is 203 g/mol. The van der Waals surface area contributed by atoms with E-state index in [1.165, 1.54) is 12.1 Å². The lowest BCUT2D eigenvalue weighted by molar-refractivity contribution is -0.0168. The highest BCUT2D eigenvalue weighted by Gasteiger charge is 2.20. The summed E-state index contributed by atoms with van der Waals surface area (Å²) in [6, 6.07) is 3.78. The highest BCUT2D eigenvalue weighted by Crippen LogP contribution is 2.21. The smallest absolute Gasteiger partial charge is 0.129 e. The second-order valence-electron chi connectivity index (χ2n) is 3.21. The van der Waals surface area contributed by atoms with Crippen LogP contribution in [0, 0.1) is 5.82 Å². The molecule has 4 nitrogen and oxygen atoms in total. The maximum absolute atomic E-state index is 13.3. The van der Waals surface area contributed by atoms with E-state index >= 15 is 0 Å². The first-order valence-corrected chi connectivity index (χ1v) is 4.46. The van der Waals surface area contributed by atoms with Crippen molar-refractivity contribution in [3.63, 3.8) is 0 Å². The lowest BCUT2D eigenvalue weighted by Gasteiger charge is -2.16. The van der Waals surface area contributed by atoms with Crippen LogP contribution in [0.25, 0.3) is 0 Å². The summed E-state index contributed by atoms with van der Waals surface area (Å²) in [6.07, 6.45) is -2.89. The molecule has 1 rings (SSSR count). The van der Waals surface area contributed by atoms with Gasteiger partial charge in [-0.15, -0.1) is 0 Å². The summed E-state index contributed by atoms with van der Waals surface area (Å²) in [6.45, 7) is -0.946. The predicted octanol–water partition coefficient (Wildman–Crippen LogP) is -0.295. The van der Waals surface area contributed by atoms with Gasteiger partial charge in [-0.05, 0) is 11.6 Å². The third-order valence-corrected chi connectivity index (χ3v) is 2.12. The van der Waals surface area contributed by atoms with Gasteiger partial charge in [0.25, 0.3) is 0 Å². The van der Waals surface area contributed by atoms with Gasteiger partial charge in [-0.3, -0.25) is 0 Å². The zero-order valence-electron chi connectivity index (χ0n) is 7.97. The Morgan fingerprint density at radius 2 is 1.87 bits per heavy atom. The molecule has 0 fully saturated rings. The lowest BCUT2D eigenvalue weighted by atomic mass is 10.0. The highest BCUT2D eigenvalue weighted by atomic mass is 19.1. The lowest BCUT2D eigenvalue weighted by Crippen LogP contribution is -2.22. The van der Waals surface area contributed by atoms with Gasteiger partial charge in [0.2, 0.25) is 0 Å². The van der Waals surface area contributed by atoms with Crippen LogP contribution in [0.15, 0.2) is 18.2 Å². The summed E-state index contributed by atoms with van der Waals surface area (Å²) < 4.78 is 13.3. The number of aliphatic hydroxyl groups excluding tert-OH is 4. The van der Waals surface area contributed by atoms with E-state index in [1.54, 1.807) is 0 Å². The monoisotopic (exact) mass is 216 g/mol. The Labute approximate surface area is 86.2 Å². The fourth-order valence-corrected chi connectivity index (χ4v) is 1.22. The van der Waals surface area contributed by atoms with Gasteiger partial charge in [0, 0.05) is 5.56 Å². The van der Waals surface area contributed by atoms with E-state index in [0.717, 1.165) is 6.07 Å². The summed E-state index contributed by atoms with van der Waals surface area (Å²) in [4.78, 5) is 0. The van der Waals surface area contributed by atoms with Crippen molar-refractivity contribution in [3.8, 4) is 0 Å². The van der Waals surface area contributed by atoms with Crippen LogP contribution in [-0.4, -0.2) is 33.1 Å². The van der Waals surface area contributed by atoms with E-state index in [-0.39, 0.29) is 12.2 Å². The van der Waals surface area contributed by atoms with Crippen molar-refractivity contribution < 1.29 is 24.8 Å². The number of hydrogen-bond donors (Lipinski definition) is 4. The average molecular weight is 216 g/mol. The Bertz CT molecular complexity index is 329. The Hall–Kier alpha value is -1.01. The van der Waals surface area contributed by atoms with E-state index < -0.39 is 24.6 Å². The first kappa shape index (κ1) is 12.1. The molecule has 0 aliphatic heterocycles. The van der Waals surface area contributed by atoms with Gasteiger partial charge in [-0.25, -0.2) is 4.39 Å². The fourth-order valence-electron chi connectivity index (χ4n) is 1.22. The van der Waals surface area contributed by atoms with Crippen molar-refractivity contribution in [2.75, 3.05) is 6.61 Å². The number of benzene rings is 1. The quantitative estimate of drug-likeness (QED) is 0.557. The van der Waals surface area contributed by atoms with Crippen LogP contribution in [0.5, 0.6) is 0 Å². The summed E-state index contributed by atoms with van der Waals surface area (Å²) in [7, 11) is 0. The number of aliphatic hydroxyl groups is 4. The second-order valence-corrected chi connectivity index (χ2v) is 3.21. The molecule has 0 aromatic heterocycles. The molecule has 5 heteroatoms. The zero-order chi connectivity index (χ0) is 11.4. The minimum Gasteiger partial charge on any atom is -0.394 e. The normalized spacial score (nSPS) is 15.0. The predicted molar refractivity (Wildman–Crippen MR) is 50.4 cm³/mol.